The van der Waals surface area contributed by atoms with Crippen molar-refractivity contribution in [2.45, 2.75) is 19.8 Å². The van der Waals surface area contributed by atoms with Gasteiger partial charge in [0, 0.05) is 17.0 Å². The van der Waals surface area contributed by atoms with Crippen molar-refractivity contribution in [3.8, 4) is 11.4 Å². The molecular formula is C23H24ClN5O. The average molecular weight is 422 g/mol. The van der Waals surface area contributed by atoms with Crippen LogP contribution in [0.1, 0.15) is 18.4 Å². The normalized spacial score (nSPS) is 16.9. The number of anilines is 1. The highest BCUT2D eigenvalue weighted by Crippen LogP contribution is 2.32. The molecule has 0 bridgehead atoms. The number of aromatic amines is 2. The smallest absolute Gasteiger partial charge is 0.261 e. The number of halogens is 1. The van der Waals surface area contributed by atoms with Gasteiger partial charge in [-0.3, -0.25) is 4.79 Å². The Morgan fingerprint density at radius 2 is 2.07 bits per heavy atom. The van der Waals surface area contributed by atoms with E-state index in [9.17, 15) is 4.79 Å². The number of aryl methyl sites for hydroxylation is 1. The van der Waals surface area contributed by atoms with Crippen molar-refractivity contribution in [3.63, 3.8) is 0 Å². The van der Waals surface area contributed by atoms with Crippen LogP contribution in [0, 0.1) is 12.8 Å². The Hall–Kier alpha value is -2.83. The molecule has 1 unspecified atom stereocenters. The lowest BCUT2D eigenvalue weighted by atomic mass is 9.99. The summed E-state index contributed by atoms with van der Waals surface area (Å²) in [4.78, 5) is 24.1. The number of rotatable bonds is 4. The first-order valence-electron chi connectivity index (χ1n) is 10.4. The van der Waals surface area contributed by atoms with E-state index in [2.05, 4.69) is 38.6 Å². The maximum Gasteiger partial charge on any atom is 0.261 e. The lowest BCUT2D eigenvalue weighted by Crippen LogP contribution is -2.33. The number of nitrogens with one attached hydrogen (secondary N) is 4. The van der Waals surface area contributed by atoms with E-state index in [4.69, 9.17) is 11.6 Å². The van der Waals surface area contributed by atoms with Crippen LogP contribution >= 0.6 is 11.6 Å². The van der Waals surface area contributed by atoms with E-state index in [1.807, 2.05) is 24.3 Å². The minimum absolute atomic E-state index is 0.166. The Morgan fingerprint density at radius 3 is 2.90 bits per heavy atom. The van der Waals surface area contributed by atoms with Crippen molar-refractivity contribution in [2.24, 2.45) is 5.92 Å². The molecule has 154 valence electrons. The molecule has 1 aliphatic rings. The zero-order chi connectivity index (χ0) is 20.7. The van der Waals surface area contributed by atoms with E-state index < -0.39 is 0 Å². The van der Waals surface area contributed by atoms with Gasteiger partial charge < -0.3 is 20.6 Å². The second-order valence-electron chi connectivity index (χ2n) is 8.09. The van der Waals surface area contributed by atoms with Crippen molar-refractivity contribution < 1.29 is 0 Å². The van der Waals surface area contributed by atoms with Gasteiger partial charge in [-0.15, -0.1) is 0 Å². The summed E-state index contributed by atoms with van der Waals surface area (Å²) in [5.41, 5.74) is 4.74. The zero-order valence-electron chi connectivity index (χ0n) is 16.8. The van der Waals surface area contributed by atoms with E-state index in [1.165, 1.54) is 12.8 Å². The third-order valence-corrected chi connectivity index (χ3v) is 6.05. The Kier molecular flexibility index (Phi) is 4.97. The highest BCUT2D eigenvalue weighted by Gasteiger charge is 2.20. The number of hydrogen-bond donors (Lipinski definition) is 4. The van der Waals surface area contributed by atoms with Crippen LogP contribution in [0.4, 0.5) is 5.69 Å². The molecule has 4 aromatic rings. The standard InChI is InChI=1S/C23H24ClN5O/c1-13-4-6-17-16(9-13)21(26-12-14-3-2-8-25-11-14)20(23(30)29-17)22-27-18-7-5-15(24)10-19(18)28-22/h4-7,9-10,14,25H,2-3,8,11-12H2,1H3,(H,27,28)(H2,26,29,30). The monoisotopic (exact) mass is 421 g/mol. The number of imidazole rings is 1. The van der Waals surface area contributed by atoms with Gasteiger partial charge in [0.25, 0.3) is 5.56 Å². The summed E-state index contributed by atoms with van der Waals surface area (Å²) < 4.78 is 0. The Morgan fingerprint density at radius 1 is 1.17 bits per heavy atom. The second kappa shape index (κ2) is 7.78. The van der Waals surface area contributed by atoms with Crippen LogP contribution in [0.15, 0.2) is 41.2 Å². The molecule has 3 heterocycles. The van der Waals surface area contributed by atoms with Gasteiger partial charge in [0.1, 0.15) is 11.4 Å². The van der Waals surface area contributed by atoms with Gasteiger partial charge in [-0.05, 0) is 69.1 Å². The number of hydrogen-bond acceptors (Lipinski definition) is 4. The maximum absolute atomic E-state index is 13.1. The molecule has 7 heteroatoms. The van der Waals surface area contributed by atoms with Gasteiger partial charge in [0.05, 0.1) is 22.2 Å². The summed E-state index contributed by atoms with van der Waals surface area (Å²) in [7, 11) is 0. The number of pyridine rings is 1. The van der Waals surface area contributed by atoms with Crippen molar-refractivity contribution in [1.82, 2.24) is 20.3 Å². The molecule has 4 N–H and O–H groups in total. The highest BCUT2D eigenvalue weighted by atomic mass is 35.5. The molecular weight excluding hydrogens is 398 g/mol. The van der Waals surface area contributed by atoms with E-state index in [0.717, 1.165) is 52.8 Å². The predicted octanol–water partition coefficient (Wildman–Crippen LogP) is 4.44. The van der Waals surface area contributed by atoms with Gasteiger partial charge in [0.15, 0.2) is 0 Å². The van der Waals surface area contributed by atoms with Crippen LogP contribution in [0.3, 0.4) is 0 Å². The molecule has 1 fully saturated rings. The summed E-state index contributed by atoms with van der Waals surface area (Å²) in [6, 6.07) is 11.6. The lowest BCUT2D eigenvalue weighted by Gasteiger charge is -2.24. The Labute approximate surface area is 179 Å². The molecule has 1 aliphatic heterocycles. The van der Waals surface area contributed by atoms with Crippen LogP contribution in [0.25, 0.3) is 33.3 Å². The summed E-state index contributed by atoms with van der Waals surface area (Å²) in [6.07, 6.45) is 2.36. The van der Waals surface area contributed by atoms with Crippen molar-refractivity contribution in [3.05, 3.63) is 57.3 Å². The van der Waals surface area contributed by atoms with Gasteiger partial charge in [0.2, 0.25) is 0 Å². The van der Waals surface area contributed by atoms with Crippen LogP contribution in [0.2, 0.25) is 5.02 Å². The first-order valence-corrected chi connectivity index (χ1v) is 10.7. The van der Waals surface area contributed by atoms with Crippen molar-refractivity contribution in [1.29, 1.82) is 0 Å². The highest BCUT2D eigenvalue weighted by molar-refractivity contribution is 6.31. The summed E-state index contributed by atoms with van der Waals surface area (Å²) in [5, 5.41) is 8.68. The molecule has 0 radical (unpaired) electrons. The van der Waals surface area contributed by atoms with Crippen LogP contribution in [0.5, 0.6) is 0 Å². The van der Waals surface area contributed by atoms with Crippen LogP contribution < -0.4 is 16.2 Å². The molecule has 30 heavy (non-hydrogen) atoms. The topological polar surface area (TPSA) is 85.6 Å². The van der Waals surface area contributed by atoms with Gasteiger partial charge >= 0.3 is 0 Å². The Bertz CT molecular complexity index is 1290. The van der Waals surface area contributed by atoms with Gasteiger partial charge in [-0.25, -0.2) is 4.98 Å². The molecule has 0 aliphatic carbocycles. The summed E-state index contributed by atoms with van der Waals surface area (Å²) in [6.45, 7) is 4.93. The number of nitrogens with zero attached hydrogens (tertiary/aromatic N) is 1. The number of benzene rings is 2. The molecule has 1 saturated heterocycles. The molecule has 2 aromatic carbocycles. The number of fused-ring (bicyclic) bond motifs is 2. The SMILES string of the molecule is Cc1ccc2[nH]c(=O)c(-c3nc4ccc(Cl)cc4[nH]3)c(NCC3CCCNC3)c2c1. The number of piperidine rings is 1. The van der Waals surface area contributed by atoms with Crippen LogP contribution in [-0.2, 0) is 0 Å². The molecule has 6 nitrogen and oxygen atoms in total. The maximum atomic E-state index is 13.1. The minimum Gasteiger partial charge on any atom is -0.383 e. The van der Waals surface area contributed by atoms with E-state index in [0.29, 0.717) is 22.3 Å². The quantitative estimate of drug-likeness (QED) is 0.392. The minimum atomic E-state index is -0.166. The van der Waals surface area contributed by atoms with E-state index in [-0.39, 0.29) is 5.56 Å². The van der Waals surface area contributed by atoms with Crippen molar-refractivity contribution in [2.75, 3.05) is 25.0 Å². The van der Waals surface area contributed by atoms with Gasteiger partial charge in [-0.2, -0.15) is 0 Å². The predicted molar refractivity (Wildman–Crippen MR) is 123 cm³/mol. The Balaban J connectivity index is 1.66. The summed E-state index contributed by atoms with van der Waals surface area (Å²) in [5.74, 6) is 1.07. The molecule has 0 spiro atoms. The molecule has 0 amide bonds. The number of H-pyrrole nitrogens is 2. The fourth-order valence-electron chi connectivity index (χ4n) is 4.26. The average Bonchev–Trinajstić information content (AvgIpc) is 3.15. The lowest BCUT2D eigenvalue weighted by molar-refractivity contribution is 0.393. The van der Waals surface area contributed by atoms with E-state index in [1.54, 1.807) is 6.07 Å². The summed E-state index contributed by atoms with van der Waals surface area (Å²) >= 11 is 6.13. The third-order valence-electron chi connectivity index (χ3n) is 5.82. The number of aromatic nitrogens is 3. The first-order chi connectivity index (χ1) is 14.6. The van der Waals surface area contributed by atoms with Gasteiger partial charge in [-0.1, -0.05) is 23.2 Å². The van der Waals surface area contributed by atoms with E-state index >= 15 is 0 Å². The fraction of sp³-hybridized carbons (Fsp3) is 0.304. The second-order valence-corrected chi connectivity index (χ2v) is 8.53. The molecule has 0 saturated carbocycles. The molecule has 2 aromatic heterocycles. The first kappa shape index (κ1) is 19.2. The molecule has 5 rings (SSSR count). The fourth-order valence-corrected chi connectivity index (χ4v) is 4.43. The molecule has 1 atom stereocenters. The zero-order valence-corrected chi connectivity index (χ0v) is 17.6. The largest absolute Gasteiger partial charge is 0.383 e. The van der Waals surface area contributed by atoms with Crippen molar-refractivity contribution >= 4 is 39.2 Å². The third kappa shape index (κ3) is 3.57. The van der Waals surface area contributed by atoms with Crippen LogP contribution in [-0.4, -0.2) is 34.6 Å².